The van der Waals surface area contributed by atoms with E-state index in [-0.39, 0.29) is 30.4 Å². The van der Waals surface area contributed by atoms with Crippen molar-refractivity contribution >= 4 is 41.0 Å². The summed E-state index contributed by atoms with van der Waals surface area (Å²) in [5.41, 5.74) is 12.4. The van der Waals surface area contributed by atoms with E-state index in [0.29, 0.717) is 11.3 Å². The lowest BCUT2D eigenvalue weighted by Crippen LogP contribution is -2.23. The average molecular weight is 338 g/mol. The molecule has 1 heterocycles. The van der Waals surface area contributed by atoms with Gasteiger partial charge in [0.25, 0.3) is 5.91 Å². The van der Waals surface area contributed by atoms with Gasteiger partial charge in [0.15, 0.2) is 5.82 Å². The zero-order valence-corrected chi connectivity index (χ0v) is 12.8. The van der Waals surface area contributed by atoms with Crippen LogP contribution in [0.4, 0.5) is 17.2 Å². The zero-order chi connectivity index (χ0) is 17.0. The molecule has 0 radical (unpaired) electrons. The van der Waals surface area contributed by atoms with Crippen molar-refractivity contribution in [2.45, 2.75) is 6.54 Å². The third-order valence-electron chi connectivity index (χ3n) is 2.99. The fourth-order valence-electron chi connectivity index (χ4n) is 1.90. The number of nitrogens with two attached hydrogens (primary N) is 2. The summed E-state index contributed by atoms with van der Waals surface area (Å²) < 4.78 is 2.10. The number of amides is 1. The SMILES string of the molecule is Nc1ccc(O)c(C=CC(=O)N(Cl)c2c(N)cnn2CCO)c1. The van der Waals surface area contributed by atoms with Crippen molar-refractivity contribution in [3.05, 3.63) is 36.0 Å². The Morgan fingerprint density at radius 1 is 1.43 bits per heavy atom. The van der Waals surface area contributed by atoms with Crippen molar-refractivity contribution in [2.24, 2.45) is 0 Å². The van der Waals surface area contributed by atoms with E-state index in [1.54, 1.807) is 0 Å². The van der Waals surface area contributed by atoms with Gasteiger partial charge in [-0.25, -0.2) is 4.68 Å². The van der Waals surface area contributed by atoms with Crippen LogP contribution in [0.1, 0.15) is 5.56 Å². The highest BCUT2D eigenvalue weighted by atomic mass is 35.5. The van der Waals surface area contributed by atoms with Gasteiger partial charge in [-0.3, -0.25) is 4.79 Å². The lowest BCUT2D eigenvalue weighted by atomic mass is 10.1. The van der Waals surface area contributed by atoms with Crippen molar-refractivity contribution in [1.82, 2.24) is 9.78 Å². The second kappa shape index (κ2) is 7.03. The fourth-order valence-corrected chi connectivity index (χ4v) is 2.14. The van der Waals surface area contributed by atoms with Crippen LogP contribution in [-0.2, 0) is 11.3 Å². The smallest absolute Gasteiger partial charge is 0.267 e. The van der Waals surface area contributed by atoms with Gasteiger partial charge in [-0.2, -0.15) is 9.52 Å². The van der Waals surface area contributed by atoms with Crippen molar-refractivity contribution in [2.75, 3.05) is 22.5 Å². The normalized spacial score (nSPS) is 11.0. The number of aliphatic hydroxyl groups excluding tert-OH is 1. The van der Waals surface area contributed by atoms with Gasteiger partial charge < -0.3 is 21.7 Å². The number of anilines is 3. The predicted octanol–water partition coefficient (Wildman–Crippen LogP) is 0.946. The van der Waals surface area contributed by atoms with Crippen LogP contribution in [0.25, 0.3) is 6.08 Å². The van der Waals surface area contributed by atoms with E-state index in [1.807, 2.05) is 0 Å². The maximum absolute atomic E-state index is 12.2. The number of carbonyl (C=O) groups is 1. The molecule has 1 aromatic heterocycles. The molecule has 0 unspecified atom stereocenters. The van der Waals surface area contributed by atoms with Gasteiger partial charge in [0.1, 0.15) is 5.75 Å². The molecule has 2 rings (SSSR count). The Kier molecular flexibility index (Phi) is 5.09. The van der Waals surface area contributed by atoms with Crippen LogP contribution in [0, 0.1) is 0 Å². The van der Waals surface area contributed by atoms with Crippen LogP contribution in [0.15, 0.2) is 30.5 Å². The molecule has 9 heteroatoms. The topological polar surface area (TPSA) is 131 Å². The predicted molar refractivity (Wildman–Crippen MR) is 88.6 cm³/mol. The summed E-state index contributed by atoms with van der Waals surface area (Å²) in [6.45, 7) is -0.0389. The van der Waals surface area contributed by atoms with E-state index >= 15 is 0 Å². The molecule has 0 atom stereocenters. The van der Waals surface area contributed by atoms with Crippen molar-refractivity contribution in [3.8, 4) is 5.75 Å². The molecule has 0 bridgehead atoms. The van der Waals surface area contributed by atoms with Gasteiger partial charge in [-0.05, 0) is 24.3 Å². The van der Waals surface area contributed by atoms with E-state index in [0.717, 1.165) is 10.5 Å². The molecule has 23 heavy (non-hydrogen) atoms. The summed E-state index contributed by atoms with van der Waals surface area (Å²) in [4.78, 5) is 12.2. The van der Waals surface area contributed by atoms with Crippen LogP contribution >= 0.6 is 11.8 Å². The quantitative estimate of drug-likeness (QED) is 0.278. The van der Waals surface area contributed by atoms with E-state index in [2.05, 4.69) is 5.10 Å². The molecule has 0 saturated carbocycles. The minimum Gasteiger partial charge on any atom is -0.507 e. The van der Waals surface area contributed by atoms with Gasteiger partial charge >= 0.3 is 0 Å². The number of aliphatic hydroxyl groups is 1. The summed E-state index contributed by atoms with van der Waals surface area (Å²) in [7, 11) is 0. The lowest BCUT2D eigenvalue weighted by Gasteiger charge is -2.14. The van der Waals surface area contributed by atoms with Gasteiger partial charge in [-0.15, -0.1) is 0 Å². The highest BCUT2D eigenvalue weighted by Gasteiger charge is 2.19. The Labute approximate surface area is 137 Å². The standard InChI is InChI=1S/C14H16ClN5O3/c15-20(14-11(17)8-18-19(14)5-6-21)13(23)4-1-9-7-10(16)2-3-12(9)22/h1-4,7-8,21-22H,5-6,16-17H2. The van der Waals surface area contributed by atoms with Crippen molar-refractivity contribution in [3.63, 3.8) is 0 Å². The summed E-state index contributed by atoms with van der Waals surface area (Å²) in [6, 6.07) is 4.48. The highest BCUT2D eigenvalue weighted by molar-refractivity contribution is 6.39. The van der Waals surface area contributed by atoms with Gasteiger partial charge in [0, 0.05) is 29.1 Å². The number of nitrogen functional groups attached to an aromatic ring is 2. The zero-order valence-electron chi connectivity index (χ0n) is 12.1. The van der Waals surface area contributed by atoms with E-state index in [1.165, 1.54) is 35.2 Å². The molecule has 1 aromatic carbocycles. The molecule has 2 aromatic rings. The summed E-state index contributed by atoms with van der Waals surface area (Å²) >= 11 is 6.00. The largest absolute Gasteiger partial charge is 0.507 e. The fraction of sp³-hybridized carbons (Fsp3) is 0.143. The number of benzene rings is 1. The molecule has 6 N–H and O–H groups in total. The Bertz CT molecular complexity index is 744. The number of halogens is 1. The van der Waals surface area contributed by atoms with E-state index in [9.17, 15) is 9.90 Å². The molecule has 122 valence electrons. The minimum absolute atomic E-state index is 0.0193. The third-order valence-corrected chi connectivity index (χ3v) is 3.31. The second-order valence-corrected chi connectivity index (χ2v) is 4.98. The Balaban J connectivity index is 2.22. The Morgan fingerprint density at radius 2 is 2.17 bits per heavy atom. The molecular weight excluding hydrogens is 322 g/mol. The second-order valence-electron chi connectivity index (χ2n) is 4.64. The van der Waals surface area contributed by atoms with Crippen molar-refractivity contribution in [1.29, 1.82) is 0 Å². The van der Waals surface area contributed by atoms with Gasteiger partial charge in [-0.1, -0.05) is 0 Å². The number of hydrogen-bond acceptors (Lipinski definition) is 6. The first-order chi connectivity index (χ1) is 10.9. The lowest BCUT2D eigenvalue weighted by molar-refractivity contribution is -0.113. The first-order valence-corrected chi connectivity index (χ1v) is 6.96. The van der Waals surface area contributed by atoms with Crippen molar-refractivity contribution < 1.29 is 15.0 Å². The molecule has 0 aliphatic rings. The number of phenolic OH excluding ortho intramolecular Hbond substituents is 1. The maximum atomic E-state index is 12.2. The molecule has 1 amide bonds. The van der Waals surface area contributed by atoms with Gasteiger partial charge in [0.2, 0.25) is 0 Å². The number of rotatable bonds is 5. The average Bonchev–Trinajstić information content (AvgIpc) is 2.88. The number of phenols is 1. The van der Waals surface area contributed by atoms with Crippen LogP contribution < -0.4 is 15.9 Å². The van der Waals surface area contributed by atoms with Crippen LogP contribution in [0.5, 0.6) is 5.75 Å². The highest BCUT2D eigenvalue weighted by Crippen LogP contribution is 2.26. The van der Waals surface area contributed by atoms with Gasteiger partial charge in [0.05, 0.1) is 25.0 Å². The first kappa shape index (κ1) is 16.7. The number of carbonyl (C=O) groups excluding carboxylic acids is 1. The summed E-state index contributed by atoms with van der Waals surface area (Å²) in [5.74, 6) is -0.457. The Hall–Kier alpha value is -2.71. The molecule has 8 nitrogen and oxygen atoms in total. The molecule has 0 aliphatic carbocycles. The molecule has 0 fully saturated rings. The molecule has 0 saturated heterocycles. The van der Waals surface area contributed by atoms with E-state index in [4.69, 9.17) is 28.4 Å². The summed E-state index contributed by atoms with van der Waals surface area (Å²) in [6.07, 6.45) is 3.88. The summed E-state index contributed by atoms with van der Waals surface area (Å²) in [5, 5.41) is 22.6. The molecule has 0 aliphatic heterocycles. The molecule has 0 spiro atoms. The van der Waals surface area contributed by atoms with Crippen LogP contribution in [-0.4, -0.2) is 32.5 Å². The number of aromatic hydroxyl groups is 1. The Morgan fingerprint density at radius 3 is 2.87 bits per heavy atom. The van der Waals surface area contributed by atoms with Crippen LogP contribution in [0.3, 0.4) is 0 Å². The number of nitrogens with zero attached hydrogens (tertiary/aromatic N) is 3. The molecular formula is C14H16ClN5O3. The maximum Gasteiger partial charge on any atom is 0.267 e. The number of aromatic nitrogens is 2. The first-order valence-electron chi connectivity index (χ1n) is 6.62. The van der Waals surface area contributed by atoms with E-state index < -0.39 is 5.91 Å². The monoisotopic (exact) mass is 337 g/mol. The van der Waals surface area contributed by atoms with Crippen LogP contribution in [0.2, 0.25) is 0 Å². The minimum atomic E-state index is -0.597. The number of hydrogen-bond donors (Lipinski definition) is 4. The third kappa shape index (κ3) is 3.74.